The van der Waals surface area contributed by atoms with Crippen molar-refractivity contribution in [2.45, 2.75) is 19.8 Å². The molecule has 0 atom stereocenters. The van der Waals surface area contributed by atoms with Crippen LogP contribution in [0, 0.1) is 6.92 Å². The molecular weight excluding hydrogens is 436 g/mol. The molecule has 0 bridgehead atoms. The van der Waals surface area contributed by atoms with Crippen LogP contribution in [-0.2, 0) is 4.79 Å². The maximum atomic E-state index is 12.5. The fraction of sp³-hybridized carbons (Fsp3) is 0.350. The van der Waals surface area contributed by atoms with Gasteiger partial charge in [-0.2, -0.15) is 0 Å². The van der Waals surface area contributed by atoms with E-state index in [0.29, 0.717) is 29.2 Å². The lowest BCUT2D eigenvalue weighted by Gasteiger charge is -2.15. The number of pyridine rings is 1. The molecule has 0 aromatic carbocycles. The van der Waals surface area contributed by atoms with Crippen LogP contribution in [0.2, 0.25) is 0 Å². The van der Waals surface area contributed by atoms with Crippen LogP contribution in [0.15, 0.2) is 46.5 Å². The summed E-state index contributed by atoms with van der Waals surface area (Å²) in [6.45, 7) is 5.35. The summed E-state index contributed by atoms with van der Waals surface area (Å²) >= 11 is 3.32. The lowest BCUT2D eigenvalue weighted by atomic mass is 10.2. The first-order chi connectivity index (χ1) is 13.9. The fourth-order valence-corrected chi connectivity index (χ4v) is 3.35. The molecule has 3 heterocycles. The van der Waals surface area contributed by atoms with E-state index >= 15 is 0 Å². The summed E-state index contributed by atoms with van der Waals surface area (Å²) in [5.41, 5.74) is 7.93. The highest BCUT2D eigenvalue weighted by molar-refractivity contribution is 9.11. The van der Waals surface area contributed by atoms with E-state index in [4.69, 9.17) is 5.73 Å². The largest absolute Gasteiger partial charge is 0.393 e. The lowest BCUT2D eigenvalue weighted by molar-refractivity contribution is -0.113. The van der Waals surface area contributed by atoms with Gasteiger partial charge in [-0.05, 0) is 67.0 Å². The van der Waals surface area contributed by atoms with Gasteiger partial charge in [0.1, 0.15) is 5.70 Å². The van der Waals surface area contributed by atoms with Gasteiger partial charge in [-0.25, -0.2) is 0 Å². The average molecular weight is 461 g/mol. The molecule has 1 aromatic heterocycles. The molecule has 2 aliphatic heterocycles. The number of rotatable bonds is 6. The van der Waals surface area contributed by atoms with Crippen molar-refractivity contribution in [3.63, 3.8) is 0 Å². The number of hydrogen-bond donors (Lipinski definition) is 4. The number of allylic oxidation sites excluding steroid dienone is 3. The number of halogens is 1. The van der Waals surface area contributed by atoms with Gasteiger partial charge in [0.05, 0.1) is 22.6 Å². The number of nitrogens with one attached hydrogen (secondary N) is 3. The number of carbonyl (C=O) groups is 2. The van der Waals surface area contributed by atoms with Crippen LogP contribution in [0.25, 0.3) is 0 Å². The topological polar surface area (TPSA) is 112 Å². The second-order valence-corrected chi connectivity index (χ2v) is 7.87. The van der Waals surface area contributed by atoms with Crippen molar-refractivity contribution in [1.29, 1.82) is 0 Å². The van der Waals surface area contributed by atoms with Crippen molar-refractivity contribution in [2.24, 2.45) is 5.73 Å². The van der Waals surface area contributed by atoms with Crippen LogP contribution in [-0.4, -0.2) is 47.9 Å². The van der Waals surface area contributed by atoms with E-state index in [2.05, 4.69) is 41.8 Å². The second kappa shape index (κ2) is 9.71. The van der Waals surface area contributed by atoms with Gasteiger partial charge in [-0.1, -0.05) is 0 Å². The Balaban J connectivity index is 1.62. The molecule has 9 heteroatoms. The summed E-state index contributed by atoms with van der Waals surface area (Å²) in [6, 6.07) is 1.62. The third-order valence-corrected chi connectivity index (χ3v) is 5.31. The molecule has 0 saturated carbocycles. The lowest BCUT2D eigenvalue weighted by Crippen LogP contribution is -2.33. The molecule has 2 amide bonds. The molecule has 0 aliphatic carbocycles. The third-order valence-electron chi connectivity index (χ3n) is 4.82. The molecule has 5 N–H and O–H groups in total. The van der Waals surface area contributed by atoms with Crippen molar-refractivity contribution in [2.75, 3.05) is 31.5 Å². The summed E-state index contributed by atoms with van der Waals surface area (Å²) in [6.07, 6.45) is 9.12. The van der Waals surface area contributed by atoms with Crippen molar-refractivity contribution in [3.05, 3.63) is 57.7 Å². The number of anilines is 1. The molecule has 1 aromatic rings. The van der Waals surface area contributed by atoms with E-state index in [1.54, 1.807) is 31.3 Å². The van der Waals surface area contributed by atoms with E-state index in [1.165, 1.54) is 19.0 Å². The van der Waals surface area contributed by atoms with Gasteiger partial charge in [0.15, 0.2) is 0 Å². The Morgan fingerprint density at radius 2 is 2.07 bits per heavy atom. The van der Waals surface area contributed by atoms with Crippen LogP contribution in [0.5, 0.6) is 0 Å². The minimum atomic E-state index is -0.472. The third kappa shape index (κ3) is 5.68. The molecule has 2 aliphatic rings. The number of aryl methyl sites for hydroxylation is 1. The molecule has 0 spiro atoms. The molecule has 0 radical (unpaired) electrons. The van der Waals surface area contributed by atoms with Crippen LogP contribution in [0.3, 0.4) is 0 Å². The van der Waals surface area contributed by atoms with Gasteiger partial charge < -0.3 is 26.6 Å². The SMILES string of the molecule is Cc1ncc(C(=O)NCCN2CCCC2)cc1NC(=O)/C(N)=C1\C=CC(Br)=CN1. The van der Waals surface area contributed by atoms with Crippen molar-refractivity contribution in [3.8, 4) is 0 Å². The summed E-state index contributed by atoms with van der Waals surface area (Å²) in [5, 5.41) is 8.58. The van der Waals surface area contributed by atoms with Gasteiger partial charge in [0.25, 0.3) is 11.8 Å². The summed E-state index contributed by atoms with van der Waals surface area (Å²) in [5.74, 6) is -0.689. The van der Waals surface area contributed by atoms with E-state index in [0.717, 1.165) is 24.1 Å². The molecule has 154 valence electrons. The number of aromatic nitrogens is 1. The molecule has 0 unspecified atom stereocenters. The first-order valence-corrected chi connectivity index (χ1v) is 10.3. The maximum Gasteiger partial charge on any atom is 0.273 e. The Kier molecular flexibility index (Phi) is 7.05. The Morgan fingerprint density at radius 1 is 1.31 bits per heavy atom. The Bertz CT molecular complexity index is 887. The number of hydrogen-bond acceptors (Lipinski definition) is 6. The van der Waals surface area contributed by atoms with Crippen LogP contribution in [0.4, 0.5) is 5.69 Å². The smallest absolute Gasteiger partial charge is 0.273 e. The van der Waals surface area contributed by atoms with Gasteiger partial charge in [0.2, 0.25) is 0 Å². The molecule has 1 saturated heterocycles. The van der Waals surface area contributed by atoms with Crippen molar-refractivity contribution < 1.29 is 9.59 Å². The number of carbonyl (C=O) groups excluding carboxylic acids is 2. The summed E-state index contributed by atoms with van der Waals surface area (Å²) in [4.78, 5) is 31.5. The fourth-order valence-electron chi connectivity index (χ4n) is 3.11. The molecule has 1 fully saturated rings. The minimum absolute atomic E-state index is 0.0392. The van der Waals surface area contributed by atoms with Gasteiger partial charge in [-0.3, -0.25) is 14.6 Å². The molecule has 8 nitrogen and oxygen atoms in total. The minimum Gasteiger partial charge on any atom is -0.393 e. The molecule has 3 rings (SSSR count). The zero-order valence-electron chi connectivity index (χ0n) is 16.3. The van der Waals surface area contributed by atoms with Gasteiger partial charge >= 0.3 is 0 Å². The zero-order valence-corrected chi connectivity index (χ0v) is 17.9. The number of dihydropyridines is 1. The van der Waals surface area contributed by atoms with E-state index < -0.39 is 5.91 Å². The molecular formula is C20H25BrN6O2. The van der Waals surface area contributed by atoms with E-state index in [1.807, 2.05) is 0 Å². The average Bonchev–Trinajstić information content (AvgIpc) is 3.23. The zero-order chi connectivity index (χ0) is 20.8. The summed E-state index contributed by atoms with van der Waals surface area (Å²) in [7, 11) is 0. The van der Waals surface area contributed by atoms with E-state index in [9.17, 15) is 9.59 Å². The van der Waals surface area contributed by atoms with Crippen molar-refractivity contribution in [1.82, 2.24) is 20.5 Å². The standard InChI is InChI=1S/C20H25BrN6O2/c1-13-17(26-20(29)18(22)16-5-4-15(21)12-25-16)10-14(11-24-13)19(28)23-6-9-27-7-2-3-8-27/h4-5,10-12,25H,2-3,6-9,22H2,1H3,(H,23,28)(H,26,29)/b18-16-. The van der Waals surface area contributed by atoms with Crippen LogP contribution < -0.4 is 21.7 Å². The van der Waals surface area contributed by atoms with Crippen LogP contribution in [0.1, 0.15) is 28.9 Å². The van der Waals surface area contributed by atoms with E-state index in [-0.39, 0.29) is 11.6 Å². The highest BCUT2D eigenvalue weighted by Gasteiger charge is 2.16. The first-order valence-electron chi connectivity index (χ1n) is 9.52. The summed E-state index contributed by atoms with van der Waals surface area (Å²) < 4.78 is 0.845. The monoisotopic (exact) mass is 460 g/mol. The Morgan fingerprint density at radius 3 is 2.76 bits per heavy atom. The number of nitrogens with two attached hydrogens (primary N) is 1. The predicted molar refractivity (Wildman–Crippen MR) is 116 cm³/mol. The Labute approximate surface area is 178 Å². The number of likely N-dealkylation sites (tertiary alicyclic amines) is 1. The molecule has 29 heavy (non-hydrogen) atoms. The number of amides is 2. The quantitative estimate of drug-likeness (QED) is 0.480. The first kappa shape index (κ1) is 21.1. The van der Waals surface area contributed by atoms with Crippen LogP contribution >= 0.6 is 15.9 Å². The Hall–Kier alpha value is -2.65. The number of nitrogens with zero attached hydrogens (tertiary/aromatic N) is 2. The van der Waals surface area contributed by atoms with Gasteiger partial charge in [0, 0.05) is 30.0 Å². The normalized spacial score (nSPS) is 18.1. The highest BCUT2D eigenvalue weighted by atomic mass is 79.9. The van der Waals surface area contributed by atoms with Gasteiger partial charge in [-0.15, -0.1) is 0 Å². The van der Waals surface area contributed by atoms with Crippen molar-refractivity contribution >= 4 is 33.4 Å². The highest BCUT2D eigenvalue weighted by Crippen LogP contribution is 2.17. The maximum absolute atomic E-state index is 12.5. The predicted octanol–water partition coefficient (Wildman–Crippen LogP) is 1.72. The second-order valence-electron chi connectivity index (χ2n) is 6.95.